The summed E-state index contributed by atoms with van der Waals surface area (Å²) in [6.45, 7) is 2.10. The molecule has 0 radical (unpaired) electrons. The van der Waals surface area contributed by atoms with E-state index in [4.69, 9.17) is 0 Å². The molecule has 0 atom stereocenters. The van der Waals surface area contributed by atoms with E-state index in [1.54, 1.807) is 6.08 Å². The summed E-state index contributed by atoms with van der Waals surface area (Å²) in [5, 5.41) is 5.80. The van der Waals surface area contributed by atoms with Crippen LogP contribution in [-0.2, 0) is 16.0 Å². The van der Waals surface area contributed by atoms with Crippen LogP contribution in [0.2, 0.25) is 0 Å². The van der Waals surface area contributed by atoms with E-state index < -0.39 is 0 Å². The Morgan fingerprint density at radius 1 is 0.970 bits per heavy atom. The number of hydrogen-bond acceptors (Lipinski definition) is 5. The van der Waals surface area contributed by atoms with Crippen molar-refractivity contribution in [3.63, 3.8) is 0 Å². The Labute approximate surface area is 200 Å². The highest BCUT2D eigenvalue weighted by atomic mass is 32.2. The summed E-state index contributed by atoms with van der Waals surface area (Å²) in [6.07, 6.45) is 4.26. The number of carbonyl (C=O) groups is 2. The van der Waals surface area contributed by atoms with Gasteiger partial charge in [-0.3, -0.25) is 9.59 Å². The number of aryl methyl sites for hydroxylation is 1. The molecule has 2 N–H and O–H groups in total. The van der Waals surface area contributed by atoms with Gasteiger partial charge in [-0.15, -0.1) is 11.3 Å². The lowest BCUT2D eigenvalue weighted by atomic mass is 10.1. The zero-order chi connectivity index (χ0) is 23.0. The van der Waals surface area contributed by atoms with Gasteiger partial charge in [-0.05, 0) is 54.0 Å². The fraction of sp³-hybridized carbons (Fsp3) is 0.115. The fourth-order valence-electron chi connectivity index (χ4n) is 3.11. The number of carbonyl (C=O) groups excluding carboxylic acids is 2. The van der Waals surface area contributed by atoms with Gasteiger partial charge in [-0.1, -0.05) is 61.2 Å². The highest BCUT2D eigenvalue weighted by Crippen LogP contribution is 2.31. The number of nitrogens with zero attached hydrogens (tertiary/aromatic N) is 1. The molecule has 0 aliphatic heterocycles. The zero-order valence-corrected chi connectivity index (χ0v) is 19.7. The third-order valence-corrected chi connectivity index (χ3v) is 7.00. The minimum absolute atomic E-state index is 0.0679. The third kappa shape index (κ3) is 6.54. The van der Waals surface area contributed by atoms with E-state index in [0.717, 1.165) is 32.2 Å². The van der Waals surface area contributed by atoms with Gasteiger partial charge in [0.05, 0.1) is 16.0 Å². The molecule has 1 aromatic heterocycles. The van der Waals surface area contributed by atoms with Crippen LogP contribution in [0.15, 0.2) is 83.2 Å². The van der Waals surface area contributed by atoms with Crippen LogP contribution in [0.25, 0.3) is 16.3 Å². The van der Waals surface area contributed by atoms with E-state index >= 15 is 0 Å². The molecule has 2 amide bonds. The Balaban J connectivity index is 1.33. The molecule has 0 aliphatic rings. The Kier molecular flexibility index (Phi) is 7.55. The highest BCUT2D eigenvalue weighted by Gasteiger charge is 2.09. The van der Waals surface area contributed by atoms with Crippen LogP contribution in [0.3, 0.4) is 0 Å². The predicted molar refractivity (Wildman–Crippen MR) is 139 cm³/mol. The van der Waals surface area contributed by atoms with Gasteiger partial charge in [-0.2, -0.15) is 0 Å². The summed E-state index contributed by atoms with van der Waals surface area (Å²) < 4.78 is 1.77. The number of amides is 2. The molecule has 0 unspecified atom stereocenters. The average molecular weight is 474 g/mol. The Morgan fingerprint density at radius 2 is 1.73 bits per heavy atom. The molecule has 4 aromatic rings. The molecule has 166 valence electrons. The quantitative estimate of drug-likeness (QED) is 0.235. The van der Waals surface area contributed by atoms with Gasteiger partial charge < -0.3 is 10.6 Å². The first kappa shape index (κ1) is 22.8. The van der Waals surface area contributed by atoms with E-state index in [0.29, 0.717) is 5.69 Å². The number of thioether (sulfide) groups is 1. The van der Waals surface area contributed by atoms with Crippen molar-refractivity contribution < 1.29 is 9.59 Å². The van der Waals surface area contributed by atoms with Gasteiger partial charge in [-0.25, -0.2) is 4.98 Å². The molecule has 5 nitrogen and oxygen atoms in total. The summed E-state index contributed by atoms with van der Waals surface area (Å²) in [6, 6.07) is 23.2. The van der Waals surface area contributed by atoms with Crippen LogP contribution in [0.4, 0.5) is 11.4 Å². The van der Waals surface area contributed by atoms with Crippen LogP contribution < -0.4 is 10.6 Å². The Morgan fingerprint density at radius 3 is 2.48 bits per heavy atom. The monoisotopic (exact) mass is 473 g/mol. The van der Waals surface area contributed by atoms with Gasteiger partial charge >= 0.3 is 0 Å². The number of fused-ring (bicyclic) bond motifs is 1. The molecule has 3 aromatic carbocycles. The molecule has 33 heavy (non-hydrogen) atoms. The standard InChI is InChI=1S/C26H23N3O2S2/c1-2-18-8-11-20(12-9-18)27-25(31)17-32-26-29-22-14-13-21(16-23(22)33-26)28-24(30)15-10-19-6-4-3-5-7-19/h3-16H,2,17H2,1H3,(H,27,31)(H,28,30). The lowest BCUT2D eigenvalue weighted by Crippen LogP contribution is -2.13. The van der Waals surface area contributed by atoms with Crippen molar-refractivity contribution in [1.82, 2.24) is 4.98 Å². The van der Waals surface area contributed by atoms with Gasteiger partial charge in [0, 0.05) is 17.5 Å². The minimum atomic E-state index is -0.194. The van der Waals surface area contributed by atoms with Crippen molar-refractivity contribution in [2.75, 3.05) is 16.4 Å². The Bertz CT molecular complexity index is 1280. The summed E-state index contributed by atoms with van der Waals surface area (Å²) >= 11 is 2.91. The number of aromatic nitrogens is 1. The van der Waals surface area contributed by atoms with E-state index in [1.165, 1.54) is 34.7 Å². The van der Waals surface area contributed by atoms with Gasteiger partial charge in [0.25, 0.3) is 0 Å². The van der Waals surface area contributed by atoms with Crippen LogP contribution in [0.1, 0.15) is 18.1 Å². The second-order valence-electron chi connectivity index (χ2n) is 7.28. The Hall–Kier alpha value is -3.42. The number of nitrogens with one attached hydrogen (secondary N) is 2. The second-order valence-corrected chi connectivity index (χ2v) is 9.54. The van der Waals surface area contributed by atoms with Crippen molar-refractivity contribution in [3.8, 4) is 0 Å². The molecule has 1 heterocycles. The van der Waals surface area contributed by atoms with E-state index in [2.05, 4.69) is 22.5 Å². The topological polar surface area (TPSA) is 71.1 Å². The fourth-order valence-corrected chi connectivity index (χ4v) is 5.02. The molecule has 0 saturated carbocycles. The first-order valence-electron chi connectivity index (χ1n) is 10.6. The van der Waals surface area contributed by atoms with Crippen molar-refractivity contribution in [3.05, 3.63) is 90.0 Å². The van der Waals surface area contributed by atoms with E-state index in [-0.39, 0.29) is 17.6 Å². The van der Waals surface area contributed by atoms with Gasteiger partial charge in [0.15, 0.2) is 4.34 Å². The summed E-state index contributed by atoms with van der Waals surface area (Å²) in [5.74, 6) is 0.0195. The first-order valence-corrected chi connectivity index (χ1v) is 12.4. The average Bonchev–Trinajstić information content (AvgIpc) is 3.25. The SMILES string of the molecule is CCc1ccc(NC(=O)CSc2nc3ccc(NC(=O)C=Cc4ccccc4)cc3s2)cc1. The molecule has 0 fully saturated rings. The number of thiazole rings is 1. The maximum atomic E-state index is 12.3. The lowest BCUT2D eigenvalue weighted by molar-refractivity contribution is -0.114. The predicted octanol–water partition coefficient (Wildman–Crippen LogP) is 6.24. The van der Waals surface area contributed by atoms with Crippen molar-refractivity contribution in [1.29, 1.82) is 0 Å². The number of benzene rings is 3. The number of hydrogen-bond donors (Lipinski definition) is 2. The third-order valence-electron chi connectivity index (χ3n) is 4.84. The van der Waals surface area contributed by atoms with Crippen molar-refractivity contribution in [2.45, 2.75) is 17.7 Å². The summed E-state index contributed by atoms with van der Waals surface area (Å²) in [5.41, 5.74) is 4.55. The molecule has 4 rings (SSSR count). The first-order chi connectivity index (χ1) is 16.1. The molecule has 0 aliphatic carbocycles. The maximum absolute atomic E-state index is 12.3. The summed E-state index contributed by atoms with van der Waals surface area (Å²) in [7, 11) is 0. The van der Waals surface area contributed by atoms with Crippen molar-refractivity contribution in [2.24, 2.45) is 0 Å². The molecule has 0 saturated heterocycles. The highest BCUT2D eigenvalue weighted by molar-refractivity contribution is 8.01. The number of rotatable bonds is 8. The second kappa shape index (κ2) is 10.9. The molecular weight excluding hydrogens is 450 g/mol. The van der Waals surface area contributed by atoms with Crippen LogP contribution in [-0.4, -0.2) is 22.6 Å². The zero-order valence-electron chi connectivity index (χ0n) is 18.1. The molecule has 7 heteroatoms. The lowest BCUT2D eigenvalue weighted by Gasteiger charge is -2.05. The van der Waals surface area contributed by atoms with Gasteiger partial charge in [0.1, 0.15) is 0 Å². The largest absolute Gasteiger partial charge is 0.325 e. The molecular formula is C26H23N3O2S2. The minimum Gasteiger partial charge on any atom is -0.325 e. The van der Waals surface area contributed by atoms with E-state index in [1.807, 2.05) is 72.8 Å². The normalized spacial score (nSPS) is 11.1. The maximum Gasteiger partial charge on any atom is 0.248 e. The van der Waals surface area contributed by atoms with E-state index in [9.17, 15) is 9.59 Å². The smallest absolute Gasteiger partial charge is 0.248 e. The molecule has 0 bridgehead atoms. The van der Waals surface area contributed by atoms with Crippen molar-refractivity contribution >= 4 is 62.6 Å². The van der Waals surface area contributed by atoms with Crippen LogP contribution in [0, 0.1) is 0 Å². The summed E-state index contributed by atoms with van der Waals surface area (Å²) in [4.78, 5) is 29.1. The molecule has 0 spiro atoms. The van der Waals surface area contributed by atoms with Crippen LogP contribution >= 0.6 is 23.1 Å². The van der Waals surface area contributed by atoms with Crippen LogP contribution in [0.5, 0.6) is 0 Å². The number of anilines is 2. The van der Waals surface area contributed by atoms with Gasteiger partial charge in [0.2, 0.25) is 11.8 Å².